The van der Waals surface area contributed by atoms with Gasteiger partial charge in [0.05, 0.1) is 12.0 Å². The Balaban J connectivity index is 2.25. The van der Waals surface area contributed by atoms with Crippen molar-refractivity contribution >= 4 is 21.6 Å². The number of para-hydroxylation sites is 1. The number of ether oxygens (including phenoxy) is 1. The fourth-order valence-electron chi connectivity index (χ4n) is 2.45. The molecule has 1 N–H and O–H groups in total. The molecular weight excluding hydrogens is 352 g/mol. The fourth-order valence-corrected chi connectivity index (χ4v) is 3.79. The number of methoxy groups -OCH3 is 1. The summed E-state index contributed by atoms with van der Waals surface area (Å²) in [7, 11) is -0.701. The number of amides is 1. The second-order valence-electron chi connectivity index (χ2n) is 6.25. The molecule has 1 amide bonds. The molecule has 0 aliphatic carbocycles. The van der Waals surface area contributed by atoms with Gasteiger partial charge >= 0.3 is 0 Å². The molecule has 1 atom stereocenters. The SMILES string of the molecule is COc1ccc(S(=O)(=O)NC(C(=O)N(C)c2ccccc2)C(C)C)cc1. The number of carbonyl (C=O) groups is 1. The lowest BCUT2D eigenvalue weighted by molar-refractivity contribution is -0.120. The van der Waals surface area contributed by atoms with E-state index in [0.717, 1.165) is 0 Å². The van der Waals surface area contributed by atoms with E-state index >= 15 is 0 Å². The lowest BCUT2D eigenvalue weighted by atomic mass is 10.0. The standard InChI is InChI=1S/C19H24N2O4S/c1-14(2)18(19(22)21(3)15-8-6-5-7-9-15)20-26(23,24)17-12-10-16(25-4)11-13-17/h5-14,18,20H,1-4H3. The quantitative estimate of drug-likeness (QED) is 0.806. The monoisotopic (exact) mass is 376 g/mol. The van der Waals surface area contributed by atoms with E-state index in [2.05, 4.69) is 4.72 Å². The minimum atomic E-state index is -3.84. The van der Waals surface area contributed by atoms with E-state index in [0.29, 0.717) is 11.4 Å². The first-order valence-corrected chi connectivity index (χ1v) is 9.73. The van der Waals surface area contributed by atoms with E-state index in [1.807, 2.05) is 18.2 Å². The summed E-state index contributed by atoms with van der Waals surface area (Å²) in [5, 5.41) is 0. The Labute approximate surface area is 154 Å². The van der Waals surface area contributed by atoms with Gasteiger partial charge in [-0.05, 0) is 42.3 Å². The Bertz CT molecular complexity index is 834. The Morgan fingerprint density at radius 1 is 1.04 bits per heavy atom. The Morgan fingerprint density at radius 3 is 2.12 bits per heavy atom. The van der Waals surface area contributed by atoms with Crippen molar-refractivity contribution in [3.05, 3.63) is 54.6 Å². The van der Waals surface area contributed by atoms with E-state index < -0.39 is 16.1 Å². The number of sulfonamides is 1. The Kier molecular flexibility index (Phi) is 6.39. The van der Waals surface area contributed by atoms with Crippen LogP contribution in [0.15, 0.2) is 59.5 Å². The number of anilines is 1. The Hall–Kier alpha value is -2.38. The molecule has 0 radical (unpaired) electrons. The smallest absolute Gasteiger partial charge is 0.245 e. The molecule has 1 unspecified atom stereocenters. The Morgan fingerprint density at radius 2 is 1.62 bits per heavy atom. The molecule has 0 heterocycles. The highest BCUT2D eigenvalue weighted by Gasteiger charge is 2.30. The summed E-state index contributed by atoms with van der Waals surface area (Å²) in [6.07, 6.45) is 0. The van der Waals surface area contributed by atoms with Gasteiger partial charge in [0.15, 0.2) is 0 Å². The zero-order chi connectivity index (χ0) is 19.3. The highest BCUT2D eigenvalue weighted by atomic mass is 32.2. The number of hydrogen-bond donors (Lipinski definition) is 1. The third kappa shape index (κ3) is 4.62. The van der Waals surface area contributed by atoms with E-state index in [4.69, 9.17) is 4.74 Å². The van der Waals surface area contributed by atoms with Gasteiger partial charge in [-0.15, -0.1) is 0 Å². The molecule has 2 aromatic rings. The van der Waals surface area contributed by atoms with Gasteiger partial charge in [-0.1, -0.05) is 32.0 Å². The van der Waals surface area contributed by atoms with Crippen molar-refractivity contribution in [1.82, 2.24) is 4.72 Å². The van der Waals surface area contributed by atoms with Crippen LogP contribution < -0.4 is 14.4 Å². The average molecular weight is 376 g/mol. The van der Waals surface area contributed by atoms with Crippen molar-refractivity contribution in [3.63, 3.8) is 0 Å². The first-order chi connectivity index (χ1) is 12.3. The molecule has 0 bridgehead atoms. The molecule has 26 heavy (non-hydrogen) atoms. The molecule has 0 aliphatic rings. The number of nitrogens with zero attached hydrogens (tertiary/aromatic N) is 1. The van der Waals surface area contributed by atoms with Gasteiger partial charge in [-0.25, -0.2) is 8.42 Å². The molecule has 7 heteroatoms. The van der Waals surface area contributed by atoms with Gasteiger partial charge in [-0.2, -0.15) is 4.72 Å². The topological polar surface area (TPSA) is 75.7 Å². The largest absolute Gasteiger partial charge is 0.497 e. The predicted molar refractivity (Wildman–Crippen MR) is 102 cm³/mol. The second-order valence-corrected chi connectivity index (χ2v) is 7.97. The maximum Gasteiger partial charge on any atom is 0.245 e. The minimum absolute atomic E-state index is 0.0825. The van der Waals surface area contributed by atoms with Crippen molar-refractivity contribution in [2.45, 2.75) is 24.8 Å². The summed E-state index contributed by atoms with van der Waals surface area (Å²) < 4.78 is 33.0. The second kappa shape index (κ2) is 8.33. The summed E-state index contributed by atoms with van der Waals surface area (Å²) in [4.78, 5) is 14.4. The molecule has 0 saturated carbocycles. The molecule has 2 aromatic carbocycles. The van der Waals surface area contributed by atoms with Crippen LogP contribution >= 0.6 is 0 Å². The summed E-state index contributed by atoms with van der Waals surface area (Å²) in [6, 6.07) is 14.2. The van der Waals surface area contributed by atoms with Crippen molar-refractivity contribution < 1.29 is 17.9 Å². The third-order valence-electron chi connectivity index (χ3n) is 4.06. The molecule has 140 valence electrons. The van der Waals surface area contributed by atoms with Crippen molar-refractivity contribution in [2.75, 3.05) is 19.1 Å². The van der Waals surface area contributed by atoms with E-state index in [1.165, 1.54) is 24.1 Å². The molecular formula is C19H24N2O4S. The first-order valence-electron chi connectivity index (χ1n) is 8.25. The maximum absolute atomic E-state index is 12.9. The number of likely N-dealkylation sites (N-methyl/N-ethyl adjacent to an activating group) is 1. The number of carbonyl (C=O) groups excluding carboxylic acids is 1. The van der Waals surface area contributed by atoms with Gasteiger partial charge in [0.1, 0.15) is 11.8 Å². The van der Waals surface area contributed by atoms with E-state index in [1.54, 1.807) is 45.2 Å². The van der Waals surface area contributed by atoms with Crippen LogP contribution in [0.4, 0.5) is 5.69 Å². The van der Waals surface area contributed by atoms with Gasteiger partial charge in [0.25, 0.3) is 0 Å². The number of benzene rings is 2. The fraction of sp³-hybridized carbons (Fsp3) is 0.316. The highest BCUT2D eigenvalue weighted by Crippen LogP contribution is 2.19. The van der Waals surface area contributed by atoms with Crippen LogP contribution in [-0.2, 0) is 14.8 Å². The molecule has 0 fully saturated rings. The summed E-state index contributed by atoms with van der Waals surface area (Å²) in [5.41, 5.74) is 0.701. The van der Waals surface area contributed by atoms with Crippen molar-refractivity contribution in [3.8, 4) is 5.75 Å². The third-order valence-corrected chi connectivity index (χ3v) is 5.52. The minimum Gasteiger partial charge on any atom is -0.497 e. The lowest BCUT2D eigenvalue weighted by Gasteiger charge is -2.27. The first kappa shape index (κ1) is 19.9. The lowest BCUT2D eigenvalue weighted by Crippen LogP contribution is -2.50. The van der Waals surface area contributed by atoms with Gasteiger partial charge in [0, 0.05) is 12.7 Å². The normalized spacial score (nSPS) is 12.7. The number of nitrogens with one attached hydrogen (secondary N) is 1. The van der Waals surface area contributed by atoms with Crippen molar-refractivity contribution in [2.24, 2.45) is 5.92 Å². The summed E-state index contributed by atoms with van der Waals surface area (Å²) in [6.45, 7) is 3.61. The van der Waals surface area contributed by atoms with E-state index in [9.17, 15) is 13.2 Å². The van der Waals surface area contributed by atoms with Gasteiger partial charge in [0.2, 0.25) is 15.9 Å². The highest BCUT2D eigenvalue weighted by molar-refractivity contribution is 7.89. The van der Waals surface area contributed by atoms with Crippen LogP contribution in [0.25, 0.3) is 0 Å². The van der Waals surface area contributed by atoms with Crippen LogP contribution in [0.5, 0.6) is 5.75 Å². The summed E-state index contributed by atoms with van der Waals surface area (Å²) in [5.74, 6) is 0.0224. The molecule has 0 saturated heterocycles. The molecule has 0 aromatic heterocycles. The van der Waals surface area contributed by atoms with Gasteiger partial charge < -0.3 is 9.64 Å². The average Bonchev–Trinajstić information content (AvgIpc) is 2.65. The van der Waals surface area contributed by atoms with Crippen LogP contribution in [0.3, 0.4) is 0 Å². The predicted octanol–water partition coefficient (Wildman–Crippen LogP) is 2.66. The van der Waals surface area contributed by atoms with E-state index in [-0.39, 0.29) is 16.7 Å². The van der Waals surface area contributed by atoms with Crippen LogP contribution in [0, 0.1) is 5.92 Å². The maximum atomic E-state index is 12.9. The van der Waals surface area contributed by atoms with Crippen molar-refractivity contribution in [1.29, 1.82) is 0 Å². The number of rotatable bonds is 7. The number of hydrogen-bond acceptors (Lipinski definition) is 4. The zero-order valence-electron chi connectivity index (χ0n) is 15.3. The molecule has 2 rings (SSSR count). The zero-order valence-corrected chi connectivity index (χ0v) is 16.2. The van der Waals surface area contributed by atoms with Crippen LogP contribution in [-0.4, -0.2) is 34.5 Å². The summed E-state index contributed by atoms with van der Waals surface area (Å²) >= 11 is 0. The van der Waals surface area contributed by atoms with Crippen LogP contribution in [0.1, 0.15) is 13.8 Å². The van der Waals surface area contributed by atoms with Crippen LogP contribution in [0.2, 0.25) is 0 Å². The van der Waals surface area contributed by atoms with Gasteiger partial charge in [-0.3, -0.25) is 4.79 Å². The molecule has 0 spiro atoms. The molecule has 0 aliphatic heterocycles. The molecule has 6 nitrogen and oxygen atoms in total.